The highest BCUT2D eigenvalue weighted by atomic mass is 16.7. The van der Waals surface area contributed by atoms with E-state index in [1.165, 1.54) is 0 Å². The van der Waals surface area contributed by atoms with Crippen LogP contribution < -0.4 is 5.32 Å². The number of nitrogens with one attached hydrogen (secondary N) is 1. The summed E-state index contributed by atoms with van der Waals surface area (Å²) >= 11 is 0. The highest BCUT2D eigenvalue weighted by molar-refractivity contribution is 5.70. The Balaban J connectivity index is 3.34. The van der Waals surface area contributed by atoms with E-state index in [4.69, 9.17) is 28.4 Å². The van der Waals surface area contributed by atoms with Gasteiger partial charge in [-0.05, 0) is 20.8 Å². The van der Waals surface area contributed by atoms with Gasteiger partial charge in [-0.1, -0.05) is 0 Å². The van der Waals surface area contributed by atoms with Crippen LogP contribution in [0.5, 0.6) is 0 Å². The number of carbonyl (C=O) groups excluding carboxylic acids is 5. The summed E-state index contributed by atoms with van der Waals surface area (Å²) in [5.41, 5.74) is -0.861. The van der Waals surface area contributed by atoms with Crippen molar-refractivity contribution in [3.63, 3.8) is 0 Å². The van der Waals surface area contributed by atoms with Gasteiger partial charge in [0.15, 0.2) is 12.2 Å². The minimum absolute atomic E-state index is 0.401. The highest BCUT2D eigenvalue weighted by Gasteiger charge is 2.52. The second kappa shape index (κ2) is 10.9. The second-order valence-electron chi connectivity index (χ2n) is 7.78. The summed E-state index contributed by atoms with van der Waals surface area (Å²) in [5.74, 6) is -2.93. The Hall–Kier alpha value is -2.89. The summed E-state index contributed by atoms with van der Waals surface area (Å²) in [4.78, 5) is 58.7. The van der Waals surface area contributed by atoms with Gasteiger partial charge in [-0.25, -0.2) is 4.79 Å². The average molecular weight is 447 g/mol. The molecule has 12 nitrogen and oxygen atoms in total. The summed E-state index contributed by atoms with van der Waals surface area (Å²) in [6.45, 7) is 8.98. The molecule has 31 heavy (non-hydrogen) atoms. The van der Waals surface area contributed by atoms with Crippen molar-refractivity contribution >= 4 is 30.0 Å². The molecule has 0 aromatic rings. The van der Waals surface area contributed by atoms with Crippen LogP contribution in [-0.2, 0) is 47.6 Å². The molecule has 12 heteroatoms. The van der Waals surface area contributed by atoms with Gasteiger partial charge in [0.05, 0.1) is 0 Å². The van der Waals surface area contributed by atoms with E-state index in [0.717, 1.165) is 27.7 Å². The Labute approximate surface area is 179 Å². The van der Waals surface area contributed by atoms with Crippen molar-refractivity contribution in [3.8, 4) is 0 Å². The van der Waals surface area contributed by atoms with E-state index in [2.05, 4.69) is 5.32 Å². The number of amides is 1. The topological polar surface area (TPSA) is 153 Å². The van der Waals surface area contributed by atoms with Crippen LogP contribution in [0.4, 0.5) is 4.79 Å². The molecule has 0 bridgehead atoms. The fraction of sp³-hybridized carbons (Fsp3) is 0.737. The first-order valence-electron chi connectivity index (χ1n) is 9.49. The van der Waals surface area contributed by atoms with Crippen molar-refractivity contribution in [1.82, 2.24) is 5.32 Å². The number of ether oxygens (including phenoxy) is 6. The lowest BCUT2D eigenvalue weighted by atomic mass is 9.96. The summed E-state index contributed by atoms with van der Waals surface area (Å²) in [5, 5.41) is 2.44. The van der Waals surface area contributed by atoms with Gasteiger partial charge in [-0.3, -0.25) is 19.2 Å². The summed E-state index contributed by atoms with van der Waals surface area (Å²) in [6.07, 6.45) is -6.21. The van der Waals surface area contributed by atoms with Crippen LogP contribution in [0.3, 0.4) is 0 Å². The first kappa shape index (κ1) is 26.1. The Morgan fingerprint density at radius 3 is 1.77 bits per heavy atom. The van der Waals surface area contributed by atoms with Crippen LogP contribution in [0.2, 0.25) is 0 Å². The molecule has 0 aliphatic carbocycles. The smallest absolute Gasteiger partial charge is 0.408 e. The quantitative estimate of drug-likeness (QED) is 0.450. The van der Waals surface area contributed by atoms with Gasteiger partial charge >= 0.3 is 30.0 Å². The van der Waals surface area contributed by atoms with Crippen LogP contribution in [0, 0.1) is 0 Å². The van der Waals surface area contributed by atoms with Crippen molar-refractivity contribution < 1.29 is 52.4 Å². The molecule has 1 heterocycles. The Morgan fingerprint density at radius 1 is 0.806 bits per heavy atom. The Morgan fingerprint density at radius 2 is 1.32 bits per heavy atom. The minimum atomic E-state index is -1.47. The van der Waals surface area contributed by atoms with Crippen molar-refractivity contribution in [1.29, 1.82) is 0 Å². The SMILES string of the molecule is CC(=O)OCC1O[C@@H](OC(C)=O)C(NC(=O)OC(C)(C)C)[C@@H](OC(C)=O)[C@@H]1OC(C)=O. The molecular weight excluding hydrogens is 418 g/mol. The standard InChI is InChI=1S/C19H29NO11/c1-9(21)26-8-13-15(27-10(2)22)16(28-11(3)23)14(17(30-13)29-12(4)24)20-18(25)31-19(5,6)7/h13-17H,8H2,1-7H3,(H,20,25)/t13?,14?,15-,16-,17-/m1/s1. The van der Waals surface area contributed by atoms with Crippen LogP contribution in [0.15, 0.2) is 0 Å². The van der Waals surface area contributed by atoms with Crippen LogP contribution in [-0.4, -0.2) is 72.8 Å². The molecule has 1 fully saturated rings. The molecule has 176 valence electrons. The van der Waals surface area contributed by atoms with Gasteiger partial charge in [0.2, 0.25) is 6.29 Å². The molecule has 5 atom stereocenters. The molecule has 0 spiro atoms. The first-order valence-corrected chi connectivity index (χ1v) is 9.49. The van der Waals surface area contributed by atoms with E-state index in [0.29, 0.717) is 0 Å². The zero-order valence-electron chi connectivity index (χ0n) is 18.6. The summed E-state index contributed by atoms with van der Waals surface area (Å²) in [6, 6.07) is -1.31. The van der Waals surface area contributed by atoms with Gasteiger partial charge in [-0.15, -0.1) is 0 Å². The molecule has 1 saturated heterocycles. The largest absolute Gasteiger partial charge is 0.463 e. The number of esters is 4. The molecule has 1 N–H and O–H groups in total. The van der Waals surface area contributed by atoms with E-state index < -0.39 is 72.8 Å². The monoisotopic (exact) mass is 447 g/mol. The molecule has 1 amide bonds. The van der Waals surface area contributed by atoms with E-state index in [-0.39, 0.29) is 0 Å². The minimum Gasteiger partial charge on any atom is -0.463 e. The molecule has 0 saturated carbocycles. The predicted octanol–water partition coefficient (Wildman–Crippen LogP) is 0.594. The van der Waals surface area contributed by atoms with Crippen molar-refractivity contribution in [2.45, 2.75) is 84.7 Å². The lowest BCUT2D eigenvalue weighted by Crippen LogP contribution is -2.67. The molecule has 1 aliphatic heterocycles. The first-order chi connectivity index (χ1) is 14.2. The van der Waals surface area contributed by atoms with Gasteiger partial charge in [-0.2, -0.15) is 0 Å². The lowest BCUT2D eigenvalue weighted by Gasteiger charge is -2.44. The van der Waals surface area contributed by atoms with Gasteiger partial charge in [0.1, 0.15) is 24.4 Å². The molecule has 0 aromatic carbocycles. The summed E-state index contributed by atoms with van der Waals surface area (Å²) < 4.78 is 31.5. The van der Waals surface area contributed by atoms with Crippen LogP contribution in [0.25, 0.3) is 0 Å². The molecular formula is C19H29NO11. The number of carbonyl (C=O) groups is 5. The lowest BCUT2D eigenvalue weighted by molar-refractivity contribution is -0.270. The van der Waals surface area contributed by atoms with Crippen molar-refractivity contribution in [3.05, 3.63) is 0 Å². The Kier molecular flexibility index (Phi) is 9.22. The van der Waals surface area contributed by atoms with E-state index >= 15 is 0 Å². The number of alkyl carbamates (subject to hydrolysis) is 1. The maximum atomic E-state index is 12.4. The molecule has 2 unspecified atom stereocenters. The maximum Gasteiger partial charge on any atom is 0.408 e. The summed E-state index contributed by atoms with van der Waals surface area (Å²) in [7, 11) is 0. The van der Waals surface area contributed by atoms with E-state index in [1.54, 1.807) is 20.8 Å². The third-order valence-corrected chi connectivity index (χ3v) is 3.67. The molecule has 0 aromatic heterocycles. The van der Waals surface area contributed by atoms with Crippen LogP contribution in [0.1, 0.15) is 48.5 Å². The zero-order chi connectivity index (χ0) is 23.9. The third kappa shape index (κ3) is 9.20. The second-order valence-corrected chi connectivity index (χ2v) is 7.78. The maximum absolute atomic E-state index is 12.4. The van der Waals surface area contributed by atoms with E-state index in [9.17, 15) is 24.0 Å². The Bertz CT molecular complexity index is 699. The van der Waals surface area contributed by atoms with Crippen LogP contribution >= 0.6 is 0 Å². The molecule has 1 aliphatic rings. The zero-order valence-corrected chi connectivity index (χ0v) is 18.6. The van der Waals surface area contributed by atoms with Crippen molar-refractivity contribution in [2.75, 3.05) is 6.61 Å². The van der Waals surface area contributed by atoms with E-state index in [1.807, 2.05) is 0 Å². The van der Waals surface area contributed by atoms with Gasteiger partial charge in [0, 0.05) is 27.7 Å². The molecule has 0 radical (unpaired) electrons. The van der Waals surface area contributed by atoms with Crippen molar-refractivity contribution in [2.24, 2.45) is 0 Å². The predicted molar refractivity (Wildman–Crippen MR) is 101 cm³/mol. The number of hydrogen-bond donors (Lipinski definition) is 1. The highest BCUT2D eigenvalue weighted by Crippen LogP contribution is 2.28. The average Bonchev–Trinajstić information content (AvgIpc) is 2.55. The number of hydrogen-bond acceptors (Lipinski definition) is 11. The third-order valence-electron chi connectivity index (χ3n) is 3.67. The normalized spacial score (nSPS) is 25.6. The van der Waals surface area contributed by atoms with Gasteiger partial charge in [0.25, 0.3) is 0 Å². The fourth-order valence-electron chi connectivity index (χ4n) is 2.76. The molecule has 1 rings (SSSR count). The van der Waals surface area contributed by atoms with Gasteiger partial charge < -0.3 is 33.7 Å². The number of rotatable bonds is 6. The fourth-order valence-corrected chi connectivity index (χ4v) is 2.76.